The van der Waals surface area contributed by atoms with E-state index in [1.165, 1.54) is 16.4 Å². The second kappa shape index (κ2) is 8.92. The van der Waals surface area contributed by atoms with E-state index >= 15 is 0 Å². The third-order valence-electron chi connectivity index (χ3n) is 4.24. The quantitative estimate of drug-likeness (QED) is 0.556. The number of hydrogen-bond donors (Lipinski definition) is 1. The summed E-state index contributed by atoms with van der Waals surface area (Å²) in [7, 11) is -3.51. The molecule has 2 aromatic carbocycles. The van der Waals surface area contributed by atoms with Gasteiger partial charge in [0.2, 0.25) is 15.8 Å². The predicted molar refractivity (Wildman–Crippen MR) is 104 cm³/mol. The highest BCUT2D eigenvalue weighted by atomic mass is 32.2. The molecule has 7 heteroatoms. The first kappa shape index (κ1) is 20.8. The van der Waals surface area contributed by atoms with Crippen LogP contribution < -0.4 is 5.32 Å². The number of ketones is 1. The number of rotatable bonds is 8. The molecule has 0 radical (unpaired) electrons. The van der Waals surface area contributed by atoms with Gasteiger partial charge in [-0.2, -0.15) is 4.31 Å². The molecule has 2 rings (SSSR count). The summed E-state index contributed by atoms with van der Waals surface area (Å²) in [5, 5.41) is 2.57. The fraction of sp³-hybridized carbons (Fsp3) is 0.300. The van der Waals surface area contributed by atoms with Crippen LogP contribution in [0, 0.1) is 6.92 Å². The average molecular weight is 388 g/mol. The summed E-state index contributed by atoms with van der Waals surface area (Å²) in [6, 6.07) is 13.1. The summed E-state index contributed by atoms with van der Waals surface area (Å²) < 4.78 is 26.3. The lowest BCUT2D eigenvalue weighted by Crippen LogP contribution is -2.31. The number of benzene rings is 2. The van der Waals surface area contributed by atoms with Crippen LogP contribution in [0.2, 0.25) is 0 Å². The fourth-order valence-corrected chi connectivity index (χ4v) is 4.05. The van der Waals surface area contributed by atoms with Gasteiger partial charge in [0, 0.05) is 25.2 Å². The van der Waals surface area contributed by atoms with Crippen LogP contribution in [-0.4, -0.2) is 37.5 Å². The molecule has 0 saturated carbocycles. The van der Waals surface area contributed by atoms with Crippen LogP contribution in [0.1, 0.15) is 35.3 Å². The Morgan fingerprint density at radius 1 is 0.926 bits per heavy atom. The van der Waals surface area contributed by atoms with Crippen LogP contribution in [0.5, 0.6) is 0 Å². The number of nitrogens with zero attached hydrogens (tertiary/aromatic N) is 1. The molecule has 2 aromatic rings. The number of carbonyl (C=O) groups excluding carboxylic acids is 2. The van der Waals surface area contributed by atoms with Crippen LogP contribution in [0.15, 0.2) is 53.4 Å². The van der Waals surface area contributed by atoms with Crippen molar-refractivity contribution in [2.75, 3.05) is 13.1 Å². The van der Waals surface area contributed by atoms with Crippen molar-refractivity contribution in [2.45, 2.75) is 32.2 Å². The van der Waals surface area contributed by atoms with Crippen molar-refractivity contribution in [2.24, 2.45) is 0 Å². The van der Waals surface area contributed by atoms with Gasteiger partial charge in [0.1, 0.15) is 0 Å². The fourth-order valence-electron chi connectivity index (χ4n) is 2.59. The molecule has 1 amide bonds. The van der Waals surface area contributed by atoms with Gasteiger partial charge in [-0.15, -0.1) is 0 Å². The number of carbonyl (C=O) groups is 2. The Labute approximate surface area is 160 Å². The van der Waals surface area contributed by atoms with Gasteiger partial charge in [-0.1, -0.05) is 55.8 Å². The molecule has 0 aliphatic heterocycles. The van der Waals surface area contributed by atoms with Crippen LogP contribution in [0.4, 0.5) is 0 Å². The van der Waals surface area contributed by atoms with Crippen LogP contribution in [-0.2, 0) is 21.4 Å². The van der Waals surface area contributed by atoms with Crippen molar-refractivity contribution in [3.8, 4) is 0 Å². The SMILES string of the molecule is CCN(CC)S(=O)(=O)c1ccc(CNC(=O)C(=O)c2ccc(C)cc2)cc1. The van der Waals surface area contributed by atoms with Gasteiger partial charge in [0.15, 0.2) is 0 Å². The smallest absolute Gasteiger partial charge is 0.292 e. The third-order valence-corrected chi connectivity index (χ3v) is 6.30. The second-order valence-electron chi connectivity index (χ2n) is 6.11. The Kier molecular flexibility index (Phi) is 6.87. The highest BCUT2D eigenvalue weighted by Crippen LogP contribution is 2.16. The number of hydrogen-bond acceptors (Lipinski definition) is 4. The number of Topliss-reactive ketones (excluding diaryl/α,β-unsaturated/α-hetero) is 1. The summed E-state index contributed by atoms with van der Waals surface area (Å²) >= 11 is 0. The van der Waals surface area contributed by atoms with E-state index in [1.807, 2.05) is 6.92 Å². The monoisotopic (exact) mass is 388 g/mol. The first-order chi connectivity index (χ1) is 12.8. The zero-order valence-electron chi connectivity index (χ0n) is 15.7. The summed E-state index contributed by atoms with van der Waals surface area (Å²) in [6.45, 7) is 6.42. The highest BCUT2D eigenvalue weighted by Gasteiger charge is 2.21. The lowest BCUT2D eigenvalue weighted by Gasteiger charge is -2.18. The standard InChI is InChI=1S/C20H24N2O4S/c1-4-22(5-2)27(25,26)18-12-8-16(9-13-18)14-21-20(24)19(23)17-10-6-15(3)7-11-17/h6-13H,4-5,14H2,1-3H3,(H,21,24). The summed E-state index contributed by atoms with van der Waals surface area (Å²) in [5.74, 6) is -1.30. The Morgan fingerprint density at radius 2 is 1.48 bits per heavy atom. The minimum absolute atomic E-state index is 0.141. The average Bonchev–Trinajstić information content (AvgIpc) is 2.67. The number of amides is 1. The van der Waals surface area contributed by atoms with E-state index in [-0.39, 0.29) is 11.4 Å². The zero-order chi connectivity index (χ0) is 20.0. The molecule has 144 valence electrons. The molecule has 27 heavy (non-hydrogen) atoms. The second-order valence-corrected chi connectivity index (χ2v) is 8.05. The maximum absolute atomic E-state index is 12.5. The van der Waals surface area contributed by atoms with E-state index in [4.69, 9.17) is 0 Å². The Bertz CT molecular complexity index is 900. The van der Waals surface area contributed by atoms with Crippen LogP contribution >= 0.6 is 0 Å². The number of nitrogens with one attached hydrogen (secondary N) is 1. The van der Waals surface area contributed by atoms with Gasteiger partial charge in [0.25, 0.3) is 5.91 Å². The van der Waals surface area contributed by atoms with Crippen molar-refractivity contribution in [1.29, 1.82) is 0 Å². The number of aryl methyl sites for hydroxylation is 1. The summed E-state index contributed by atoms with van der Waals surface area (Å²) in [6.07, 6.45) is 0. The van der Waals surface area contributed by atoms with Gasteiger partial charge < -0.3 is 5.32 Å². The molecule has 0 heterocycles. The summed E-state index contributed by atoms with van der Waals surface area (Å²) in [5.41, 5.74) is 2.05. The Morgan fingerprint density at radius 3 is 2.00 bits per heavy atom. The largest absolute Gasteiger partial charge is 0.345 e. The Hall–Kier alpha value is -2.51. The lowest BCUT2D eigenvalue weighted by molar-refractivity contribution is -0.117. The van der Waals surface area contributed by atoms with Crippen molar-refractivity contribution >= 4 is 21.7 Å². The van der Waals surface area contributed by atoms with Gasteiger partial charge in [0.05, 0.1) is 4.90 Å². The molecular weight excluding hydrogens is 364 g/mol. The van der Waals surface area contributed by atoms with Crippen LogP contribution in [0.25, 0.3) is 0 Å². The molecule has 0 aromatic heterocycles. The van der Waals surface area contributed by atoms with E-state index in [1.54, 1.807) is 50.2 Å². The van der Waals surface area contributed by atoms with E-state index in [0.29, 0.717) is 24.2 Å². The molecule has 0 bridgehead atoms. The van der Waals surface area contributed by atoms with E-state index < -0.39 is 21.7 Å². The van der Waals surface area contributed by atoms with Crippen molar-refractivity contribution in [1.82, 2.24) is 9.62 Å². The maximum Gasteiger partial charge on any atom is 0.292 e. The van der Waals surface area contributed by atoms with Gasteiger partial charge >= 0.3 is 0 Å². The van der Waals surface area contributed by atoms with E-state index in [9.17, 15) is 18.0 Å². The van der Waals surface area contributed by atoms with E-state index in [2.05, 4.69) is 5.32 Å². The molecule has 0 aliphatic carbocycles. The lowest BCUT2D eigenvalue weighted by atomic mass is 10.1. The molecule has 6 nitrogen and oxygen atoms in total. The predicted octanol–water partition coefficient (Wildman–Crippen LogP) is 2.52. The van der Waals surface area contributed by atoms with Crippen molar-refractivity contribution < 1.29 is 18.0 Å². The van der Waals surface area contributed by atoms with Crippen molar-refractivity contribution in [3.63, 3.8) is 0 Å². The normalized spacial score (nSPS) is 11.4. The van der Waals surface area contributed by atoms with Crippen molar-refractivity contribution in [3.05, 3.63) is 65.2 Å². The molecule has 0 unspecified atom stereocenters. The van der Waals surface area contributed by atoms with Gasteiger partial charge in [-0.05, 0) is 24.6 Å². The maximum atomic E-state index is 12.5. The Balaban J connectivity index is 2.01. The van der Waals surface area contributed by atoms with Gasteiger partial charge in [-0.3, -0.25) is 9.59 Å². The van der Waals surface area contributed by atoms with Crippen LogP contribution in [0.3, 0.4) is 0 Å². The van der Waals surface area contributed by atoms with Gasteiger partial charge in [-0.25, -0.2) is 8.42 Å². The minimum Gasteiger partial charge on any atom is -0.345 e. The number of sulfonamides is 1. The highest BCUT2D eigenvalue weighted by molar-refractivity contribution is 7.89. The molecule has 0 fully saturated rings. The van der Waals surface area contributed by atoms with E-state index in [0.717, 1.165) is 5.56 Å². The molecule has 0 spiro atoms. The topological polar surface area (TPSA) is 83.6 Å². The molecule has 0 atom stereocenters. The third kappa shape index (κ3) is 5.02. The first-order valence-electron chi connectivity index (χ1n) is 8.77. The minimum atomic E-state index is -3.51. The zero-order valence-corrected chi connectivity index (χ0v) is 16.5. The molecule has 1 N–H and O–H groups in total. The first-order valence-corrected chi connectivity index (χ1v) is 10.2. The molecule has 0 aliphatic rings. The summed E-state index contributed by atoms with van der Waals surface area (Å²) in [4.78, 5) is 24.3. The molecular formula is C20H24N2O4S. The molecule has 0 saturated heterocycles.